The predicted molar refractivity (Wildman–Crippen MR) is 335 cm³/mol. The van der Waals surface area contributed by atoms with Gasteiger partial charge in [0.05, 0.1) is 85.6 Å². The SMILES string of the molecule is C[C@@H]1OC(=O)CC(O)CC(O)CCC(O)C(O)CC(O)CC2(O)C[C@H](O)C(C(=O)O)C(CC(O[C@@H]3O[C@H](C)C(O)[C@H](N4CCN(C(=O)CCCCCNC(=O)C(N)CCCCN=C(N)N)CC4)[C@@H]3O)/C=C/C=C/C=C/C=C/C=C/C=C/C=C/[C@H](C)C(O)[C@H]1C)O2. The number of allylic oxidation sites excluding steroid dienone is 12. The smallest absolute Gasteiger partial charge is 0.311 e. The molecule has 2 amide bonds. The van der Waals surface area contributed by atoms with Gasteiger partial charge in [0.25, 0.3) is 0 Å². The molecule has 0 saturated carbocycles. The first-order chi connectivity index (χ1) is 42.7. The van der Waals surface area contributed by atoms with Gasteiger partial charge >= 0.3 is 11.9 Å². The second kappa shape index (κ2) is 40.0. The third kappa shape index (κ3) is 27.1. The van der Waals surface area contributed by atoms with Crippen LogP contribution in [0.4, 0.5) is 0 Å². The Labute approximate surface area is 529 Å². The molecule has 0 radical (unpaired) electrons. The van der Waals surface area contributed by atoms with E-state index >= 15 is 0 Å². The lowest BCUT2D eigenvalue weighted by atomic mass is 9.82. The number of aliphatic hydroxyl groups excluding tert-OH is 9. The van der Waals surface area contributed by atoms with Crippen LogP contribution in [0.2, 0.25) is 0 Å². The highest BCUT2D eigenvalue weighted by molar-refractivity contribution is 5.81. The Morgan fingerprint density at radius 2 is 1.32 bits per heavy atom. The number of carbonyl (C=O) groups is 4. The van der Waals surface area contributed by atoms with Crippen LogP contribution < -0.4 is 22.5 Å². The summed E-state index contributed by atoms with van der Waals surface area (Å²) in [5, 5.41) is 125. The number of unbranched alkanes of at least 4 members (excludes halogenated alkanes) is 3. The molecule has 0 aromatic carbocycles. The van der Waals surface area contributed by atoms with Crippen LogP contribution in [-0.2, 0) is 38.1 Å². The zero-order chi connectivity index (χ0) is 66.5. The third-order valence-corrected chi connectivity index (χ3v) is 16.9. The summed E-state index contributed by atoms with van der Waals surface area (Å²) in [6, 6.07) is -1.59. The Bertz CT molecular complexity index is 2420. The molecule has 20 atom stereocenters. The van der Waals surface area contributed by atoms with E-state index in [1.165, 1.54) is 0 Å². The van der Waals surface area contributed by atoms with Crippen LogP contribution in [-0.4, -0.2) is 238 Å². The summed E-state index contributed by atoms with van der Waals surface area (Å²) in [5.74, 6) is -7.30. The maximum Gasteiger partial charge on any atom is 0.311 e. The molecule has 12 unspecified atom stereocenters. The highest BCUT2D eigenvalue weighted by Gasteiger charge is 2.52. The number of esters is 1. The zero-order valence-electron chi connectivity index (χ0n) is 52.7. The molecule has 510 valence electrons. The first-order valence-corrected chi connectivity index (χ1v) is 31.7. The molecular formula is C64H105N7O19. The molecule has 3 saturated heterocycles. The predicted octanol–water partition coefficient (Wildman–Crippen LogP) is 0.345. The number of nitrogens with zero attached hydrogens (tertiary/aromatic N) is 3. The molecule has 2 bridgehead atoms. The number of cyclic esters (lactones) is 1. The normalized spacial score (nSPS) is 37.6. The number of hydrogen-bond acceptors (Lipinski definition) is 21. The second-order valence-corrected chi connectivity index (χ2v) is 24.4. The van der Waals surface area contributed by atoms with Crippen molar-refractivity contribution in [1.29, 1.82) is 0 Å². The summed E-state index contributed by atoms with van der Waals surface area (Å²) in [4.78, 5) is 58.9. The minimum Gasteiger partial charge on any atom is -0.481 e. The van der Waals surface area contributed by atoms with Crippen LogP contribution in [0.25, 0.3) is 0 Å². The highest BCUT2D eigenvalue weighted by atomic mass is 16.7. The van der Waals surface area contributed by atoms with Gasteiger partial charge in [-0.2, -0.15) is 0 Å². The van der Waals surface area contributed by atoms with E-state index in [0.717, 1.165) is 0 Å². The maximum absolute atomic E-state index is 13.3. The van der Waals surface area contributed by atoms with E-state index in [4.69, 9.17) is 36.1 Å². The summed E-state index contributed by atoms with van der Waals surface area (Å²) in [5.41, 5.74) is 16.7. The van der Waals surface area contributed by atoms with Gasteiger partial charge in [-0.1, -0.05) is 105 Å². The van der Waals surface area contributed by atoms with Gasteiger partial charge in [-0.15, -0.1) is 0 Å². The number of amides is 2. The molecule has 4 rings (SSSR count). The Kier molecular flexibility index (Phi) is 34.3. The highest BCUT2D eigenvalue weighted by Crippen LogP contribution is 2.39. The third-order valence-electron chi connectivity index (χ3n) is 16.9. The summed E-state index contributed by atoms with van der Waals surface area (Å²) >= 11 is 0. The minimum absolute atomic E-state index is 0.0157. The fourth-order valence-corrected chi connectivity index (χ4v) is 11.5. The van der Waals surface area contributed by atoms with Gasteiger partial charge in [-0.3, -0.25) is 29.1 Å². The summed E-state index contributed by atoms with van der Waals surface area (Å²) in [7, 11) is 0. The van der Waals surface area contributed by atoms with E-state index in [9.17, 15) is 75.3 Å². The number of nitrogens with two attached hydrogens (primary N) is 3. The number of carboxylic acid groups (broad SMARTS) is 1. The number of aliphatic imine (C=N–C) groups is 1. The summed E-state index contributed by atoms with van der Waals surface area (Å²) in [6.07, 6.45) is 6.98. The van der Waals surface area contributed by atoms with E-state index < -0.39 is 153 Å². The van der Waals surface area contributed by atoms with Crippen LogP contribution in [0.5, 0.6) is 0 Å². The number of carbonyl (C=O) groups excluding carboxylic acids is 3. The van der Waals surface area contributed by atoms with Crippen molar-refractivity contribution in [3.63, 3.8) is 0 Å². The van der Waals surface area contributed by atoms with Gasteiger partial charge < -0.3 is 103 Å². The standard InChI is InChI=1S/C64H105N7O19/c1-40-22-16-13-11-9-7-5-6-8-10-12-14-17-23-47(89-62-59(82)56(58(81)43(4)88-62)71-32-30-70(31-33-71)53(78)25-18-15-20-28-68-60(83)48(65)24-19-21-29-69-63(66)67)37-52-55(61(84)85)51(77)39-64(86,90-52)38-46(74)35-50(76)49(75)27-26-44(72)34-45(73)36-54(79)87-42(3)41(2)57(40)80/h5-14,16-17,22-23,40-52,55-59,62,72-77,80-82,86H,15,18-21,24-39,65H2,1-4H3,(H,68,83)(H,84,85)(H4,66,67,69)/b6-5+,9-7+,10-8+,13-11+,14-12+,22-16+,23-17+/t40-,41-,42-,43+,44?,45?,46?,47?,48?,49?,50?,51-,52?,55?,56-,57?,58?,59-,62-,64?/m0/s1. The zero-order valence-corrected chi connectivity index (χ0v) is 52.7. The van der Waals surface area contributed by atoms with Gasteiger partial charge in [-0.25, -0.2) is 0 Å². The lowest BCUT2D eigenvalue weighted by Crippen LogP contribution is -2.66. The van der Waals surface area contributed by atoms with Crippen molar-refractivity contribution < 1.29 is 94.3 Å². The van der Waals surface area contributed by atoms with Crippen molar-refractivity contribution in [2.75, 3.05) is 39.3 Å². The monoisotopic (exact) mass is 1280 g/mol. The van der Waals surface area contributed by atoms with Crippen LogP contribution in [0.15, 0.2) is 90.1 Å². The van der Waals surface area contributed by atoms with Crippen molar-refractivity contribution >= 4 is 29.7 Å². The fraction of sp³-hybridized carbons (Fsp3) is 0.703. The number of guanidine groups is 1. The van der Waals surface area contributed by atoms with Crippen LogP contribution in [0.1, 0.15) is 124 Å². The molecule has 4 heterocycles. The number of piperazine rings is 1. The fourth-order valence-electron chi connectivity index (χ4n) is 11.5. The van der Waals surface area contributed by atoms with Gasteiger partial charge in [0.15, 0.2) is 18.0 Å². The van der Waals surface area contributed by atoms with E-state index in [1.54, 1.807) is 98.6 Å². The number of fused-ring (bicyclic) bond motifs is 2. The Hall–Kier alpha value is -5.27. The first-order valence-electron chi connectivity index (χ1n) is 31.7. The van der Waals surface area contributed by atoms with Gasteiger partial charge in [0.2, 0.25) is 11.8 Å². The maximum atomic E-state index is 13.3. The molecule has 0 aromatic heterocycles. The topological polar surface area (TPSA) is 437 Å². The molecule has 0 spiro atoms. The number of hydrogen-bond donors (Lipinski definition) is 15. The quantitative estimate of drug-likeness (QED) is 0.0429. The molecule has 90 heavy (non-hydrogen) atoms. The van der Waals surface area contributed by atoms with E-state index in [-0.39, 0.29) is 55.8 Å². The second-order valence-electron chi connectivity index (χ2n) is 24.4. The number of aliphatic hydroxyl groups is 10. The molecule has 18 N–H and O–H groups in total. The molecule has 4 aliphatic rings. The number of carboxylic acids is 1. The van der Waals surface area contributed by atoms with Crippen LogP contribution >= 0.6 is 0 Å². The molecule has 26 heteroatoms. The summed E-state index contributed by atoms with van der Waals surface area (Å²) in [6.45, 7) is 8.89. The van der Waals surface area contributed by atoms with E-state index in [2.05, 4.69) is 10.3 Å². The van der Waals surface area contributed by atoms with Crippen molar-refractivity contribution in [3.8, 4) is 0 Å². The van der Waals surface area contributed by atoms with Gasteiger partial charge in [-0.05, 0) is 65.2 Å². The number of rotatable bonds is 16. The first kappa shape index (κ1) is 77.2. The number of aliphatic carboxylic acids is 1. The average Bonchev–Trinajstić information content (AvgIpc) is 0.805. The van der Waals surface area contributed by atoms with Gasteiger partial charge in [0, 0.05) is 83.2 Å². The lowest BCUT2D eigenvalue weighted by Gasteiger charge is -2.49. The van der Waals surface area contributed by atoms with Crippen LogP contribution in [0.3, 0.4) is 0 Å². The lowest BCUT2D eigenvalue weighted by molar-refractivity contribution is -0.312. The average molecular weight is 1280 g/mol. The summed E-state index contributed by atoms with van der Waals surface area (Å²) < 4.78 is 24.1. The number of nitrogens with one attached hydrogen (secondary N) is 1. The molecule has 4 aliphatic heterocycles. The Morgan fingerprint density at radius 1 is 0.700 bits per heavy atom. The molecule has 0 aromatic rings. The number of ether oxygens (including phenoxy) is 4. The van der Waals surface area contributed by atoms with Crippen molar-refractivity contribution in [2.24, 2.45) is 39.9 Å². The molecule has 0 aliphatic carbocycles. The Balaban J connectivity index is 1.48. The molecule has 26 nitrogen and oxygen atoms in total. The van der Waals surface area contributed by atoms with E-state index in [1.807, 2.05) is 24.0 Å². The van der Waals surface area contributed by atoms with Gasteiger partial charge in [0.1, 0.15) is 18.1 Å². The van der Waals surface area contributed by atoms with E-state index in [0.29, 0.717) is 77.8 Å². The van der Waals surface area contributed by atoms with Crippen molar-refractivity contribution in [1.82, 2.24) is 15.1 Å². The van der Waals surface area contributed by atoms with Crippen molar-refractivity contribution in [2.45, 2.75) is 228 Å². The van der Waals surface area contributed by atoms with Crippen molar-refractivity contribution in [3.05, 3.63) is 85.1 Å². The minimum atomic E-state index is -2.38. The largest absolute Gasteiger partial charge is 0.481 e. The molecule has 3 fully saturated rings. The van der Waals surface area contributed by atoms with Crippen LogP contribution in [0, 0.1) is 17.8 Å². The Morgan fingerprint density at radius 3 is 1.94 bits per heavy atom. The molecular weight excluding hydrogens is 1170 g/mol.